The van der Waals surface area contributed by atoms with E-state index < -0.39 is 0 Å². The van der Waals surface area contributed by atoms with Gasteiger partial charge in [-0.05, 0) is 31.6 Å². The van der Waals surface area contributed by atoms with Crippen molar-refractivity contribution in [3.05, 3.63) is 0 Å². The van der Waals surface area contributed by atoms with Crippen LogP contribution in [-0.4, -0.2) is 24.9 Å². The maximum Gasteiger partial charge on any atom is 0.225 e. The van der Waals surface area contributed by atoms with Crippen LogP contribution < -0.4 is 0 Å². The third-order valence-corrected chi connectivity index (χ3v) is 2.81. The van der Waals surface area contributed by atoms with E-state index in [0.29, 0.717) is 11.8 Å². The molecule has 70 valence electrons. The van der Waals surface area contributed by atoms with Gasteiger partial charge in [-0.25, -0.2) is 0 Å². The lowest BCUT2D eigenvalue weighted by Crippen LogP contribution is -2.31. The monoisotopic (exact) mass is 169 g/mol. The Balaban J connectivity index is 2.39. The van der Waals surface area contributed by atoms with Crippen molar-refractivity contribution in [2.75, 3.05) is 14.1 Å². The standard InChI is InChI=1S/C10H19NO/c1-8-4-6-9(7-5-8)10(12)11(2)3/h8-9H,4-7H2,1-3H3/t8-,9-. The highest BCUT2D eigenvalue weighted by atomic mass is 16.2. The van der Waals surface area contributed by atoms with E-state index in [-0.39, 0.29) is 0 Å². The number of amides is 1. The molecule has 1 amide bonds. The van der Waals surface area contributed by atoms with Crippen LogP contribution >= 0.6 is 0 Å². The molecule has 2 nitrogen and oxygen atoms in total. The first-order valence-corrected chi connectivity index (χ1v) is 4.82. The van der Waals surface area contributed by atoms with Gasteiger partial charge in [0.05, 0.1) is 0 Å². The van der Waals surface area contributed by atoms with Gasteiger partial charge in [-0.3, -0.25) is 4.79 Å². The van der Waals surface area contributed by atoms with Crippen molar-refractivity contribution in [1.82, 2.24) is 4.90 Å². The number of carbonyl (C=O) groups excluding carboxylic acids is 1. The van der Waals surface area contributed by atoms with E-state index in [4.69, 9.17) is 0 Å². The normalized spacial score (nSPS) is 29.9. The Hall–Kier alpha value is -0.530. The molecule has 0 aromatic carbocycles. The van der Waals surface area contributed by atoms with E-state index in [1.807, 2.05) is 14.1 Å². The van der Waals surface area contributed by atoms with Crippen LogP contribution in [0.15, 0.2) is 0 Å². The smallest absolute Gasteiger partial charge is 0.225 e. The van der Waals surface area contributed by atoms with Crippen molar-refractivity contribution in [3.63, 3.8) is 0 Å². The summed E-state index contributed by atoms with van der Waals surface area (Å²) in [6.07, 6.45) is 4.64. The van der Waals surface area contributed by atoms with Crippen LogP contribution in [0, 0.1) is 11.8 Å². The molecule has 0 atom stereocenters. The van der Waals surface area contributed by atoms with Crippen molar-refractivity contribution in [1.29, 1.82) is 0 Å². The number of hydrogen-bond acceptors (Lipinski definition) is 1. The van der Waals surface area contributed by atoms with Crippen LogP contribution in [0.2, 0.25) is 0 Å². The van der Waals surface area contributed by atoms with E-state index in [0.717, 1.165) is 18.8 Å². The summed E-state index contributed by atoms with van der Waals surface area (Å²) in [5.41, 5.74) is 0. The molecule has 0 aromatic heterocycles. The van der Waals surface area contributed by atoms with E-state index in [2.05, 4.69) is 6.92 Å². The molecule has 1 saturated carbocycles. The summed E-state index contributed by atoms with van der Waals surface area (Å²) in [5.74, 6) is 1.47. The fourth-order valence-electron chi connectivity index (χ4n) is 1.87. The topological polar surface area (TPSA) is 20.3 Å². The van der Waals surface area contributed by atoms with Crippen molar-refractivity contribution >= 4 is 5.91 Å². The molecule has 1 aliphatic carbocycles. The zero-order valence-electron chi connectivity index (χ0n) is 8.34. The average molecular weight is 169 g/mol. The highest BCUT2D eigenvalue weighted by Crippen LogP contribution is 2.28. The van der Waals surface area contributed by atoms with Gasteiger partial charge in [0.25, 0.3) is 0 Å². The Bertz CT molecular complexity index is 157. The third-order valence-electron chi connectivity index (χ3n) is 2.81. The highest BCUT2D eigenvalue weighted by molar-refractivity contribution is 5.78. The SMILES string of the molecule is CN(C)C(=O)[C@H]1CC[C@H](C)CC1. The summed E-state index contributed by atoms with van der Waals surface area (Å²) in [4.78, 5) is 13.3. The average Bonchev–Trinajstić information content (AvgIpc) is 2.04. The van der Waals surface area contributed by atoms with E-state index >= 15 is 0 Å². The van der Waals surface area contributed by atoms with Crippen molar-refractivity contribution < 1.29 is 4.79 Å². The van der Waals surface area contributed by atoms with Gasteiger partial charge in [0.15, 0.2) is 0 Å². The zero-order valence-corrected chi connectivity index (χ0v) is 8.34. The van der Waals surface area contributed by atoms with Gasteiger partial charge in [-0.15, -0.1) is 0 Å². The minimum atomic E-state index is 0.316. The van der Waals surface area contributed by atoms with Gasteiger partial charge < -0.3 is 4.90 Å². The summed E-state index contributed by atoms with van der Waals surface area (Å²) < 4.78 is 0. The molecule has 0 unspecified atom stereocenters. The minimum Gasteiger partial charge on any atom is -0.349 e. The van der Waals surface area contributed by atoms with Gasteiger partial charge in [-0.2, -0.15) is 0 Å². The Morgan fingerprint density at radius 1 is 1.17 bits per heavy atom. The fraction of sp³-hybridized carbons (Fsp3) is 0.900. The quantitative estimate of drug-likeness (QED) is 0.587. The lowest BCUT2D eigenvalue weighted by Gasteiger charge is -2.27. The molecule has 0 spiro atoms. The van der Waals surface area contributed by atoms with Crippen molar-refractivity contribution in [3.8, 4) is 0 Å². The summed E-state index contributed by atoms with van der Waals surface area (Å²) >= 11 is 0. The minimum absolute atomic E-state index is 0.316. The molecular formula is C10H19NO. The lowest BCUT2D eigenvalue weighted by atomic mass is 9.82. The molecule has 0 N–H and O–H groups in total. The van der Waals surface area contributed by atoms with Crippen LogP contribution in [0.4, 0.5) is 0 Å². The first-order chi connectivity index (χ1) is 5.61. The second kappa shape index (κ2) is 3.92. The Labute approximate surface area is 74.9 Å². The van der Waals surface area contributed by atoms with E-state index in [1.54, 1.807) is 4.90 Å². The van der Waals surface area contributed by atoms with Gasteiger partial charge in [0.1, 0.15) is 0 Å². The third kappa shape index (κ3) is 2.23. The Morgan fingerprint density at radius 2 is 1.67 bits per heavy atom. The molecule has 0 heterocycles. The van der Waals surface area contributed by atoms with E-state index in [9.17, 15) is 4.79 Å². The zero-order chi connectivity index (χ0) is 9.14. The van der Waals surface area contributed by atoms with Crippen LogP contribution in [0.3, 0.4) is 0 Å². The first kappa shape index (κ1) is 9.56. The summed E-state index contributed by atoms with van der Waals surface area (Å²) in [6, 6.07) is 0. The highest BCUT2D eigenvalue weighted by Gasteiger charge is 2.24. The second-order valence-electron chi connectivity index (χ2n) is 4.19. The Kier molecular flexibility index (Phi) is 3.12. The summed E-state index contributed by atoms with van der Waals surface area (Å²) in [5, 5.41) is 0. The lowest BCUT2D eigenvalue weighted by molar-refractivity contribution is -0.134. The second-order valence-corrected chi connectivity index (χ2v) is 4.19. The molecule has 0 radical (unpaired) electrons. The maximum atomic E-state index is 11.5. The first-order valence-electron chi connectivity index (χ1n) is 4.82. The molecule has 0 aliphatic heterocycles. The Morgan fingerprint density at radius 3 is 2.08 bits per heavy atom. The van der Waals surface area contributed by atoms with Crippen LogP contribution in [0.1, 0.15) is 32.6 Å². The summed E-state index contributed by atoms with van der Waals surface area (Å²) in [7, 11) is 3.70. The number of rotatable bonds is 1. The van der Waals surface area contributed by atoms with E-state index in [1.165, 1.54) is 12.8 Å². The fourth-order valence-corrected chi connectivity index (χ4v) is 1.87. The van der Waals surface area contributed by atoms with Crippen LogP contribution in [0.5, 0.6) is 0 Å². The molecule has 0 aromatic rings. The molecule has 1 aliphatic rings. The van der Waals surface area contributed by atoms with Crippen molar-refractivity contribution in [2.24, 2.45) is 11.8 Å². The molecule has 0 saturated heterocycles. The molecule has 2 heteroatoms. The molecule has 1 fully saturated rings. The van der Waals surface area contributed by atoms with Gasteiger partial charge in [0.2, 0.25) is 5.91 Å². The summed E-state index contributed by atoms with van der Waals surface area (Å²) in [6.45, 7) is 2.27. The van der Waals surface area contributed by atoms with Crippen LogP contribution in [0.25, 0.3) is 0 Å². The number of carbonyl (C=O) groups is 1. The molecule has 1 rings (SSSR count). The van der Waals surface area contributed by atoms with Gasteiger partial charge in [-0.1, -0.05) is 6.92 Å². The number of nitrogens with zero attached hydrogens (tertiary/aromatic N) is 1. The molecular weight excluding hydrogens is 150 g/mol. The molecule has 12 heavy (non-hydrogen) atoms. The molecule has 0 bridgehead atoms. The van der Waals surface area contributed by atoms with Crippen molar-refractivity contribution in [2.45, 2.75) is 32.6 Å². The van der Waals surface area contributed by atoms with Crippen LogP contribution in [-0.2, 0) is 4.79 Å². The number of hydrogen-bond donors (Lipinski definition) is 0. The largest absolute Gasteiger partial charge is 0.349 e. The van der Waals surface area contributed by atoms with Gasteiger partial charge in [0, 0.05) is 20.0 Å². The predicted octanol–water partition coefficient (Wildman–Crippen LogP) is 1.90. The van der Waals surface area contributed by atoms with Gasteiger partial charge >= 0.3 is 0 Å². The maximum absolute atomic E-state index is 11.5. The predicted molar refractivity (Wildman–Crippen MR) is 49.8 cm³/mol.